The molecule has 0 radical (unpaired) electrons. The van der Waals surface area contributed by atoms with Crippen LogP contribution < -0.4 is 10.2 Å². The minimum Gasteiger partial charge on any atom is -0.325 e. The van der Waals surface area contributed by atoms with E-state index in [1.807, 2.05) is 25.4 Å². The second kappa shape index (κ2) is 6.78. The van der Waals surface area contributed by atoms with Gasteiger partial charge in [-0.1, -0.05) is 6.07 Å². The van der Waals surface area contributed by atoms with Crippen LogP contribution in [0.25, 0.3) is 0 Å². The highest BCUT2D eigenvalue weighted by molar-refractivity contribution is 7.10. The average molecular weight is 311 g/mol. The van der Waals surface area contributed by atoms with Crippen molar-refractivity contribution >= 4 is 22.9 Å². The molecule has 6 heteroatoms. The molecule has 0 bridgehead atoms. The summed E-state index contributed by atoms with van der Waals surface area (Å²) < 4.78 is 26.9. The van der Waals surface area contributed by atoms with Crippen LogP contribution in [-0.4, -0.2) is 19.5 Å². The largest absolute Gasteiger partial charge is 0.325 e. The number of thiophene rings is 1. The first-order chi connectivity index (χ1) is 9.97. The van der Waals surface area contributed by atoms with E-state index in [0.29, 0.717) is 6.54 Å². The third-order valence-corrected chi connectivity index (χ3v) is 4.14. The molecule has 0 spiro atoms. The van der Waals surface area contributed by atoms with Crippen LogP contribution in [-0.2, 0) is 11.3 Å². The maximum atomic E-state index is 13.4. The van der Waals surface area contributed by atoms with Crippen molar-refractivity contribution in [1.29, 1.82) is 0 Å². The predicted molar refractivity (Wildman–Crippen MR) is 79.5 cm³/mol. The fourth-order valence-electron chi connectivity index (χ4n) is 2.00. The summed E-state index contributed by atoms with van der Waals surface area (Å²) in [7, 11) is 1.87. The zero-order valence-electron chi connectivity index (χ0n) is 11.9. The fraction of sp³-hybridized carbons (Fsp3) is 0.267. The summed E-state index contributed by atoms with van der Waals surface area (Å²) in [5, 5.41) is 4.30. The fourth-order valence-corrected chi connectivity index (χ4v) is 3.02. The van der Waals surface area contributed by atoms with E-state index in [2.05, 4.69) is 5.32 Å². The Kier molecular flexibility index (Phi) is 5.03. The summed E-state index contributed by atoms with van der Waals surface area (Å²) in [4.78, 5) is 14.0. The van der Waals surface area contributed by atoms with Gasteiger partial charge in [0.15, 0.2) is 6.54 Å². The molecule has 21 heavy (non-hydrogen) atoms. The summed E-state index contributed by atoms with van der Waals surface area (Å²) in [5.74, 6) is -1.95. The molecule has 2 aromatic rings. The van der Waals surface area contributed by atoms with E-state index < -0.39 is 17.5 Å². The van der Waals surface area contributed by atoms with Gasteiger partial charge in [-0.15, -0.1) is 11.3 Å². The molecule has 2 rings (SSSR count). The van der Waals surface area contributed by atoms with Gasteiger partial charge in [-0.2, -0.15) is 0 Å². The molecule has 0 fully saturated rings. The van der Waals surface area contributed by atoms with Crippen molar-refractivity contribution < 1.29 is 18.5 Å². The Morgan fingerprint density at radius 1 is 1.29 bits per heavy atom. The first kappa shape index (κ1) is 15.6. The number of para-hydroxylation sites is 1. The van der Waals surface area contributed by atoms with E-state index in [9.17, 15) is 13.6 Å². The van der Waals surface area contributed by atoms with Crippen LogP contribution in [0.5, 0.6) is 0 Å². The number of halogens is 2. The van der Waals surface area contributed by atoms with Crippen molar-refractivity contribution in [2.24, 2.45) is 0 Å². The molecular weight excluding hydrogens is 294 g/mol. The lowest BCUT2D eigenvalue weighted by Gasteiger charge is -2.14. The highest BCUT2D eigenvalue weighted by Gasteiger charge is 2.16. The summed E-state index contributed by atoms with van der Waals surface area (Å²) >= 11 is 1.64. The van der Waals surface area contributed by atoms with Crippen molar-refractivity contribution in [3.8, 4) is 0 Å². The minimum atomic E-state index is -0.768. The number of hydrogen-bond donors (Lipinski definition) is 2. The first-order valence-corrected chi connectivity index (χ1v) is 7.43. The van der Waals surface area contributed by atoms with Crippen molar-refractivity contribution in [3.63, 3.8) is 0 Å². The summed E-state index contributed by atoms with van der Waals surface area (Å²) in [6.45, 7) is 2.87. The number of carbonyl (C=O) groups is 1. The maximum Gasteiger partial charge on any atom is 0.279 e. The van der Waals surface area contributed by atoms with Gasteiger partial charge in [0.2, 0.25) is 0 Å². The van der Waals surface area contributed by atoms with Gasteiger partial charge in [0.25, 0.3) is 5.91 Å². The van der Waals surface area contributed by atoms with Crippen molar-refractivity contribution in [2.75, 3.05) is 18.9 Å². The van der Waals surface area contributed by atoms with Gasteiger partial charge in [-0.05, 0) is 36.1 Å². The van der Waals surface area contributed by atoms with Crippen molar-refractivity contribution in [3.05, 3.63) is 51.7 Å². The zero-order valence-corrected chi connectivity index (χ0v) is 12.7. The Hall–Kier alpha value is -1.79. The topological polar surface area (TPSA) is 33.5 Å². The number of quaternary nitrogens is 1. The van der Waals surface area contributed by atoms with Gasteiger partial charge in [0, 0.05) is 0 Å². The Balaban J connectivity index is 1.94. The quantitative estimate of drug-likeness (QED) is 0.870. The molecule has 2 N–H and O–H groups in total. The van der Waals surface area contributed by atoms with Crippen molar-refractivity contribution in [1.82, 2.24) is 0 Å². The molecule has 3 nitrogen and oxygen atoms in total. The second-order valence-corrected chi connectivity index (χ2v) is 5.98. The van der Waals surface area contributed by atoms with Gasteiger partial charge < -0.3 is 10.2 Å². The average Bonchev–Trinajstić information content (AvgIpc) is 2.79. The Labute approximate surface area is 126 Å². The maximum absolute atomic E-state index is 13.4. The normalized spacial score (nSPS) is 12.2. The second-order valence-electron chi connectivity index (χ2n) is 4.98. The Bertz CT molecular complexity index is 622. The van der Waals surface area contributed by atoms with Crippen LogP contribution >= 0.6 is 11.3 Å². The molecule has 1 atom stereocenters. The SMILES string of the molecule is Cc1ccsc1C[NH+](C)CC(=O)Nc1c(F)cccc1F. The molecule has 0 aliphatic heterocycles. The number of benzene rings is 1. The summed E-state index contributed by atoms with van der Waals surface area (Å²) in [5.41, 5.74) is 0.808. The Morgan fingerprint density at radius 2 is 1.95 bits per heavy atom. The number of aryl methyl sites for hydroxylation is 1. The molecule has 0 saturated heterocycles. The van der Waals surface area contributed by atoms with Crippen LogP contribution in [0.1, 0.15) is 10.4 Å². The smallest absolute Gasteiger partial charge is 0.279 e. The molecule has 1 heterocycles. The van der Waals surface area contributed by atoms with Crippen LogP contribution in [0, 0.1) is 18.6 Å². The summed E-state index contributed by atoms with van der Waals surface area (Å²) in [6.07, 6.45) is 0. The van der Waals surface area contributed by atoms with Gasteiger partial charge in [0.05, 0.1) is 11.9 Å². The van der Waals surface area contributed by atoms with Gasteiger partial charge in [-0.25, -0.2) is 8.78 Å². The number of amides is 1. The molecular formula is C15H17F2N2OS+. The predicted octanol–water partition coefficient (Wildman–Crippen LogP) is 1.99. The lowest BCUT2D eigenvalue weighted by molar-refractivity contribution is -0.884. The molecule has 0 saturated carbocycles. The van der Waals surface area contributed by atoms with Crippen LogP contribution in [0.15, 0.2) is 29.6 Å². The standard InChI is InChI=1S/C15H16F2N2OS/c1-10-6-7-21-13(10)8-19(2)9-14(20)18-15-11(16)4-3-5-12(15)17/h3-7H,8-9H2,1-2H3,(H,18,20)/p+1. The molecule has 0 aliphatic carbocycles. The highest BCUT2D eigenvalue weighted by atomic mass is 32.1. The number of rotatable bonds is 5. The first-order valence-electron chi connectivity index (χ1n) is 6.55. The molecule has 1 unspecified atom stereocenters. The van der Waals surface area contributed by atoms with E-state index in [1.165, 1.54) is 16.5 Å². The molecule has 112 valence electrons. The molecule has 1 aromatic carbocycles. The molecule has 1 aromatic heterocycles. The summed E-state index contributed by atoms with van der Waals surface area (Å²) in [6, 6.07) is 5.52. The zero-order chi connectivity index (χ0) is 15.4. The van der Waals surface area contributed by atoms with E-state index in [0.717, 1.165) is 17.0 Å². The van der Waals surface area contributed by atoms with E-state index >= 15 is 0 Å². The Morgan fingerprint density at radius 3 is 2.52 bits per heavy atom. The van der Waals surface area contributed by atoms with Gasteiger partial charge >= 0.3 is 0 Å². The van der Waals surface area contributed by atoms with Crippen LogP contribution in [0.2, 0.25) is 0 Å². The monoisotopic (exact) mass is 311 g/mol. The van der Waals surface area contributed by atoms with Gasteiger partial charge in [0.1, 0.15) is 23.9 Å². The van der Waals surface area contributed by atoms with E-state index in [4.69, 9.17) is 0 Å². The lowest BCUT2D eigenvalue weighted by Crippen LogP contribution is -3.08. The van der Waals surface area contributed by atoms with Crippen LogP contribution in [0.4, 0.5) is 14.5 Å². The van der Waals surface area contributed by atoms with E-state index in [1.54, 1.807) is 11.3 Å². The van der Waals surface area contributed by atoms with Crippen LogP contribution in [0.3, 0.4) is 0 Å². The highest BCUT2D eigenvalue weighted by Crippen LogP contribution is 2.17. The number of hydrogen-bond acceptors (Lipinski definition) is 2. The number of carbonyl (C=O) groups excluding carboxylic acids is 1. The molecule has 1 amide bonds. The lowest BCUT2D eigenvalue weighted by atomic mass is 10.2. The van der Waals surface area contributed by atoms with E-state index in [-0.39, 0.29) is 12.2 Å². The minimum absolute atomic E-state index is 0.144. The number of anilines is 1. The third kappa shape index (κ3) is 4.09. The van der Waals surface area contributed by atoms with Crippen molar-refractivity contribution in [2.45, 2.75) is 13.5 Å². The van der Waals surface area contributed by atoms with Gasteiger partial charge in [-0.3, -0.25) is 4.79 Å². The number of nitrogens with one attached hydrogen (secondary N) is 2. The molecule has 0 aliphatic rings. The number of likely N-dealkylation sites (N-methyl/N-ethyl adjacent to an activating group) is 1. The third-order valence-electron chi connectivity index (χ3n) is 3.12.